The van der Waals surface area contributed by atoms with E-state index in [1.54, 1.807) is 7.11 Å². The maximum Gasteiger partial charge on any atom is 0.125 e. The van der Waals surface area contributed by atoms with Crippen LogP contribution in [0.15, 0.2) is 42.5 Å². The van der Waals surface area contributed by atoms with Crippen molar-refractivity contribution in [3.05, 3.63) is 59.2 Å². The molecule has 1 aliphatic rings. The average molecular weight is 283 g/mol. The fourth-order valence-electron chi connectivity index (χ4n) is 2.89. The van der Waals surface area contributed by atoms with Crippen LogP contribution in [0.5, 0.6) is 11.5 Å². The molecule has 2 aromatic rings. The van der Waals surface area contributed by atoms with Gasteiger partial charge in [-0.1, -0.05) is 24.3 Å². The smallest absolute Gasteiger partial charge is 0.125 e. The first-order valence-electron chi connectivity index (χ1n) is 7.41. The van der Waals surface area contributed by atoms with Gasteiger partial charge in [0, 0.05) is 11.6 Å². The van der Waals surface area contributed by atoms with E-state index in [9.17, 15) is 0 Å². The summed E-state index contributed by atoms with van der Waals surface area (Å²) in [6, 6.07) is 14.3. The first-order valence-corrected chi connectivity index (χ1v) is 7.41. The summed E-state index contributed by atoms with van der Waals surface area (Å²) in [6.07, 6.45) is 3.36. The molecule has 2 aromatic carbocycles. The van der Waals surface area contributed by atoms with E-state index in [1.165, 1.54) is 17.5 Å². The average Bonchev–Trinajstić information content (AvgIpc) is 2.54. The molecule has 0 bridgehead atoms. The summed E-state index contributed by atoms with van der Waals surface area (Å²) >= 11 is 0. The van der Waals surface area contributed by atoms with Crippen LogP contribution in [0.3, 0.4) is 0 Å². The van der Waals surface area contributed by atoms with E-state index in [2.05, 4.69) is 12.1 Å². The Morgan fingerprint density at radius 1 is 1.19 bits per heavy atom. The van der Waals surface area contributed by atoms with Gasteiger partial charge in [-0.05, 0) is 48.6 Å². The Kier molecular flexibility index (Phi) is 4.11. The van der Waals surface area contributed by atoms with E-state index in [4.69, 9.17) is 15.2 Å². The van der Waals surface area contributed by atoms with Gasteiger partial charge in [0.1, 0.15) is 18.1 Å². The lowest BCUT2D eigenvalue weighted by atomic mass is 9.88. The predicted octanol–water partition coefficient (Wildman–Crippen LogP) is 3.61. The molecular weight excluding hydrogens is 262 g/mol. The summed E-state index contributed by atoms with van der Waals surface area (Å²) in [7, 11) is 1.68. The highest BCUT2D eigenvalue weighted by Crippen LogP contribution is 2.31. The maximum atomic E-state index is 6.19. The monoisotopic (exact) mass is 283 g/mol. The molecule has 0 radical (unpaired) electrons. The second-order valence-electron chi connectivity index (χ2n) is 5.46. The Balaban J connectivity index is 1.75. The zero-order valence-electron chi connectivity index (χ0n) is 12.3. The van der Waals surface area contributed by atoms with Crippen molar-refractivity contribution in [3.8, 4) is 11.5 Å². The van der Waals surface area contributed by atoms with Gasteiger partial charge in [0.05, 0.1) is 7.11 Å². The molecule has 2 N–H and O–H groups in total. The minimum absolute atomic E-state index is 0.142. The van der Waals surface area contributed by atoms with Crippen LogP contribution in [0.2, 0.25) is 0 Å². The summed E-state index contributed by atoms with van der Waals surface area (Å²) in [4.78, 5) is 0. The van der Waals surface area contributed by atoms with Crippen molar-refractivity contribution in [2.45, 2.75) is 31.9 Å². The van der Waals surface area contributed by atoms with Crippen LogP contribution in [-0.4, -0.2) is 7.11 Å². The number of benzene rings is 2. The molecule has 21 heavy (non-hydrogen) atoms. The van der Waals surface area contributed by atoms with Crippen molar-refractivity contribution >= 4 is 0 Å². The van der Waals surface area contributed by atoms with Crippen molar-refractivity contribution in [1.82, 2.24) is 0 Å². The van der Waals surface area contributed by atoms with Crippen LogP contribution in [-0.2, 0) is 13.0 Å². The molecule has 3 heteroatoms. The van der Waals surface area contributed by atoms with Crippen molar-refractivity contribution in [3.63, 3.8) is 0 Å². The maximum absolute atomic E-state index is 6.19. The van der Waals surface area contributed by atoms with Gasteiger partial charge in [-0.3, -0.25) is 0 Å². The Morgan fingerprint density at radius 2 is 2.05 bits per heavy atom. The highest BCUT2D eigenvalue weighted by Gasteiger charge is 2.17. The first-order chi connectivity index (χ1) is 10.3. The number of rotatable bonds is 4. The fourth-order valence-corrected chi connectivity index (χ4v) is 2.89. The number of fused-ring (bicyclic) bond motifs is 1. The molecule has 0 fully saturated rings. The lowest BCUT2D eigenvalue weighted by Crippen LogP contribution is -2.17. The molecule has 110 valence electrons. The molecular formula is C18H21NO2. The van der Waals surface area contributed by atoms with Crippen LogP contribution in [0.1, 0.15) is 35.6 Å². The molecule has 0 saturated heterocycles. The van der Waals surface area contributed by atoms with Gasteiger partial charge in [0.2, 0.25) is 0 Å². The van der Waals surface area contributed by atoms with Crippen LogP contribution in [0.4, 0.5) is 0 Å². The van der Waals surface area contributed by atoms with Crippen LogP contribution in [0, 0.1) is 0 Å². The van der Waals surface area contributed by atoms with E-state index >= 15 is 0 Å². The second kappa shape index (κ2) is 6.19. The Hall–Kier alpha value is -2.00. The molecule has 1 aliphatic carbocycles. The summed E-state index contributed by atoms with van der Waals surface area (Å²) in [6.45, 7) is 0.498. The molecule has 3 rings (SSSR count). The molecule has 0 heterocycles. The van der Waals surface area contributed by atoms with Crippen LogP contribution >= 0.6 is 0 Å². The molecule has 0 aliphatic heterocycles. The third kappa shape index (κ3) is 3.03. The Labute approximate surface area is 125 Å². The predicted molar refractivity (Wildman–Crippen MR) is 83.6 cm³/mol. The van der Waals surface area contributed by atoms with Gasteiger partial charge in [-0.25, -0.2) is 0 Å². The standard InChI is InChI=1S/C18H21NO2/c1-20-18-8-3-2-5-14(18)12-21-15-10-9-13-6-4-7-17(19)16(13)11-15/h2-3,5,8-11,17H,4,6-7,12,19H2,1H3. The number of hydrogen-bond acceptors (Lipinski definition) is 3. The zero-order chi connectivity index (χ0) is 14.7. The van der Waals surface area contributed by atoms with E-state index in [0.717, 1.165) is 29.9 Å². The molecule has 0 aromatic heterocycles. The Bertz CT molecular complexity index is 624. The molecule has 1 unspecified atom stereocenters. The number of nitrogens with two attached hydrogens (primary N) is 1. The third-order valence-electron chi connectivity index (χ3n) is 4.06. The lowest BCUT2D eigenvalue weighted by Gasteiger charge is -2.23. The summed E-state index contributed by atoms with van der Waals surface area (Å²) < 4.78 is 11.3. The van der Waals surface area contributed by atoms with Crippen molar-refractivity contribution in [1.29, 1.82) is 0 Å². The molecule has 0 saturated carbocycles. The minimum atomic E-state index is 0.142. The quantitative estimate of drug-likeness (QED) is 0.932. The topological polar surface area (TPSA) is 44.5 Å². The highest BCUT2D eigenvalue weighted by molar-refractivity contribution is 5.39. The molecule has 3 nitrogen and oxygen atoms in total. The third-order valence-corrected chi connectivity index (χ3v) is 4.06. The van der Waals surface area contributed by atoms with Crippen molar-refractivity contribution < 1.29 is 9.47 Å². The van der Waals surface area contributed by atoms with Gasteiger partial charge in [0.15, 0.2) is 0 Å². The van der Waals surface area contributed by atoms with Crippen LogP contribution < -0.4 is 15.2 Å². The normalized spacial score (nSPS) is 17.1. The second-order valence-corrected chi connectivity index (χ2v) is 5.46. The largest absolute Gasteiger partial charge is 0.496 e. The lowest BCUT2D eigenvalue weighted by molar-refractivity contribution is 0.296. The summed E-state index contributed by atoms with van der Waals surface area (Å²) in [5.74, 6) is 1.73. The van der Waals surface area contributed by atoms with Gasteiger partial charge in [-0.15, -0.1) is 0 Å². The van der Waals surface area contributed by atoms with E-state index in [1.807, 2.05) is 30.3 Å². The molecule has 1 atom stereocenters. The fraction of sp³-hybridized carbons (Fsp3) is 0.333. The minimum Gasteiger partial charge on any atom is -0.496 e. The SMILES string of the molecule is COc1ccccc1COc1ccc2c(c1)C(N)CCC2. The summed E-state index contributed by atoms with van der Waals surface area (Å²) in [5.41, 5.74) is 9.83. The summed E-state index contributed by atoms with van der Waals surface area (Å²) in [5, 5.41) is 0. The number of ether oxygens (including phenoxy) is 2. The first kappa shape index (κ1) is 14.0. The number of aryl methyl sites for hydroxylation is 1. The zero-order valence-corrected chi connectivity index (χ0v) is 12.3. The van der Waals surface area contributed by atoms with E-state index in [-0.39, 0.29) is 6.04 Å². The number of hydrogen-bond donors (Lipinski definition) is 1. The van der Waals surface area contributed by atoms with Crippen LogP contribution in [0.25, 0.3) is 0 Å². The number of methoxy groups -OCH3 is 1. The van der Waals surface area contributed by atoms with Gasteiger partial charge < -0.3 is 15.2 Å². The van der Waals surface area contributed by atoms with Crippen molar-refractivity contribution in [2.75, 3.05) is 7.11 Å². The molecule has 0 spiro atoms. The number of para-hydroxylation sites is 1. The van der Waals surface area contributed by atoms with Gasteiger partial charge >= 0.3 is 0 Å². The van der Waals surface area contributed by atoms with E-state index < -0.39 is 0 Å². The molecule has 0 amide bonds. The van der Waals surface area contributed by atoms with Crippen molar-refractivity contribution in [2.24, 2.45) is 5.73 Å². The van der Waals surface area contributed by atoms with Gasteiger partial charge in [0.25, 0.3) is 0 Å². The van der Waals surface area contributed by atoms with E-state index in [0.29, 0.717) is 6.61 Å². The van der Waals surface area contributed by atoms with Gasteiger partial charge in [-0.2, -0.15) is 0 Å². The Morgan fingerprint density at radius 3 is 2.90 bits per heavy atom. The highest BCUT2D eigenvalue weighted by atomic mass is 16.5.